The summed E-state index contributed by atoms with van der Waals surface area (Å²) in [6, 6.07) is 5.81. The maximum absolute atomic E-state index is 14.3. The monoisotopic (exact) mass is 605 g/mol. The summed E-state index contributed by atoms with van der Waals surface area (Å²) in [6.07, 6.45) is -1.47. The molecule has 1 aromatic carbocycles. The van der Waals surface area contributed by atoms with Crippen LogP contribution in [0.2, 0.25) is 0 Å². The zero-order valence-corrected chi connectivity index (χ0v) is 23.9. The fourth-order valence-electron chi connectivity index (χ4n) is 5.65. The number of halogens is 3. The van der Waals surface area contributed by atoms with E-state index >= 15 is 0 Å². The number of amides is 1. The van der Waals surface area contributed by atoms with Gasteiger partial charge < -0.3 is 19.8 Å². The Bertz CT molecular complexity index is 1540. The molecule has 0 saturated carbocycles. The van der Waals surface area contributed by atoms with Crippen molar-refractivity contribution >= 4 is 29.3 Å². The molecule has 14 heteroatoms. The Labute approximate surface area is 243 Å². The Morgan fingerprint density at radius 2 is 1.93 bits per heavy atom. The van der Waals surface area contributed by atoms with Gasteiger partial charge in [-0.25, -0.2) is 14.3 Å². The van der Waals surface area contributed by atoms with Gasteiger partial charge in [0.1, 0.15) is 11.3 Å². The Kier molecular flexibility index (Phi) is 8.23. The van der Waals surface area contributed by atoms with Crippen LogP contribution in [0.1, 0.15) is 35.0 Å². The highest BCUT2D eigenvalue weighted by molar-refractivity contribution is 8.04. The summed E-state index contributed by atoms with van der Waals surface area (Å²) >= 11 is 1.22. The van der Waals surface area contributed by atoms with Crippen LogP contribution in [-0.2, 0) is 11.0 Å². The highest BCUT2D eigenvalue weighted by Crippen LogP contribution is 2.38. The Hall–Kier alpha value is -3.62. The quantitative estimate of drug-likeness (QED) is 0.415. The fraction of sp³-hybridized carbons (Fsp3) is 0.429. The van der Waals surface area contributed by atoms with Crippen LogP contribution in [0.5, 0.6) is 5.75 Å². The summed E-state index contributed by atoms with van der Waals surface area (Å²) < 4.78 is 48.7. The van der Waals surface area contributed by atoms with Crippen molar-refractivity contribution < 1.29 is 37.7 Å². The van der Waals surface area contributed by atoms with E-state index in [4.69, 9.17) is 4.74 Å². The molecule has 2 aliphatic heterocycles. The molecule has 0 aliphatic carbocycles. The van der Waals surface area contributed by atoms with Gasteiger partial charge in [0.2, 0.25) is 0 Å². The number of rotatable bonds is 7. The standard InChI is InChI=1S/C28H30F3N5O5S/c1-15-13-34(20(14-37)21-8-9-22(42-21)27(39)40)10-11-35(15)26(38)19-12-32-36-24(28(29,30)31)16(2)23(33-25(19)36)17-4-6-18(41-3)7-5-17/h4-7,9,12,15,20-21,37H,8,10-11,13-14H2,1-3H3,(H,39,40)/t15-,20?,21?/m1/s1. The van der Waals surface area contributed by atoms with Gasteiger partial charge >= 0.3 is 12.1 Å². The van der Waals surface area contributed by atoms with Crippen LogP contribution in [0.15, 0.2) is 41.4 Å². The van der Waals surface area contributed by atoms with Crippen LogP contribution >= 0.6 is 11.8 Å². The van der Waals surface area contributed by atoms with Crippen LogP contribution in [0.25, 0.3) is 16.9 Å². The van der Waals surface area contributed by atoms with Gasteiger partial charge in [-0.1, -0.05) is 6.08 Å². The highest BCUT2D eigenvalue weighted by Gasteiger charge is 2.40. The summed E-state index contributed by atoms with van der Waals surface area (Å²) in [5, 5.41) is 23.2. The van der Waals surface area contributed by atoms with Crippen molar-refractivity contribution in [3.05, 3.63) is 58.3 Å². The number of fused-ring (bicyclic) bond motifs is 1. The topological polar surface area (TPSA) is 120 Å². The second kappa shape index (κ2) is 11.6. The highest BCUT2D eigenvalue weighted by atomic mass is 32.2. The summed E-state index contributed by atoms with van der Waals surface area (Å²) in [6.45, 7) is 4.03. The van der Waals surface area contributed by atoms with Gasteiger partial charge in [0.05, 0.1) is 30.5 Å². The Morgan fingerprint density at radius 3 is 2.50 bits per heavy atom. The first-order chi connectivity index (χ1) is 19.9. The van der Waals surface area contributed by atoms with E-state index in [2.05, 4.69) is 10.1 Å². The molecule has 10 nitrogen and oxygen atoms in total. The number of thioether (sulfide) groups is 1. The van der Waals surface area contributed by atoms with E-state index in [0.717, 1.165) is 6.20 Å². The van der Waals surface area contributed by atoms with Gasteiger partial charge in [0.25, 0.3) is 5.91 Å². The first-order valence-electron chi connectivity index (χ1n) is 13.3. The zero-order chi connectivity index (χ0) is 30.3. The molecule has 2 aromatic heterocycles. The predicted molar refractivity (Wildman–Crippen MR) is 149 cm³/mol. The maximum Gasteiger partial charge on any atom is 0.433 e. The van der Waals surface area contributed by atoms with Gasteiger partial charge in [0, 0.05) is 48.1 Å². The molecule has 42 heavy (non-hydrogen) atoms. The molecular weight excluding hydrogens is 575 g/mol. The number of hydrogen-bond acceptors (Lipinski definition) is 8. The van der Waals surface area contributed by atoms with E-state index in [1.807, 2.05) is 11.8 Å². The molecule has 1 fully saturated rings. The number of aliphatic hydroxyl groups is 1. The zero-order valence-electron chi connectivity index (χ0n) is 23.1. The van der Waals surface area contributed by atoms with Crippen molar-refractivity contribution in [2.24, 2.45) is 0 Å². The molecule has 224 valence electrons. The molecule has 5 rings (SSSR count). The van der Waals surface area contributed by atoms with Crippen LogP contribution in [0, 0.1) is 6.92 Å². The smallest absolute Gasteiger partial charge is 0.433 e. The van der Waals surface area contributed by atoms with Crippen molar-refractivity contribution in [1.29, 1.82) is 0 Å². The Balaban J connectivity index is 1.43. The number of carboxylic acid groups (broad SMARTS) is 1. The number of carbonyl (C=O) groups is 2. The normalized spacial score (nSPS) is 20.5. The number of alkyl halides is 3. The maximum atomic E-state index is 14.3. The van der Waals surface area contributed by atoms with E-state index in [-0.39, 0.29) is 57.9 Å². The van der Waals surface area contributed by atoms with E-state index < -0.39 is 23.7 Å². The molecular formula is C28H30F3N5O5S. The molecule has 2 N–H and O–H groups in total. The fourth-order valence-corrected chi connectivity index (χ4v) is 6.88. The van der Waals surface area contributed by atoms with Gasteiger partial charge in [-0.05, 0) is 44.5 Å². The second-order valence-corrected chi connectivity index (χ2v) is 11.6. The number of ether oxygens (including phenoxy) is 1. The SMILES string of the molecule is COc1ccc(-c2nc3c(C(=O)N4CCN(C(CO)C5CC=C(C(=O)O)S5)C[C@H]4C)cnn3c(C(F)(F)F)c2C)cc1. The number of carbonyl (C=O) groups excluding carboxylic acids is 1. The van der Waals surface area contributed by atoms with Crippen LogP contribution in [0.4, 0.5) is 13.2 Å². The van der Waals surface area contributed by atoms with Gasteiger partial charge in [0.15, 0.2) is 11.3 Å². The number of aromatic nitrogens is 3. The molecule has 2 aliphatic rings. The molecule has 4 heterocycles. The number of benzene rings is 1. The number of aliphatic carboxylic acids is 1. The lowest BCUT2D eigenvalue weighted by Crippen LogP contribution is -2.58. The van der Waals surface area contributed by atoms with E-state index in [1.165, 1.54) is 25.8 Å². The lowest BCUT2D eigenvalue weighted by atomic mass is 10.0. The summed E-state index contributed by atoms with van der Waals surface area (Å²) in [7, 11) is 1.49. The number of nitrogens with zero attached hydrogens (tertiary/aromatic N) is 5. The number of hydrogen-bond donors (Lipinski definition) is 2. The van der Waals surface area contributed by atoms with E-state index in [9.17, 15) is 33.0 Å². The molecule has 0 bridgehead atoms. The lowest BCUT2D eigenvalue weighted by Gasteiger charge is -2.44. The number of methoxy groups -OCH3 is 1. The van der Waals surface area contributed by atoms with Crippen molar-refractivity contribution in [3.8, 4) is 17.0 Å². The average Bonchev–Trinajstić information content (AvgIpc) is 3.60. The minimum absolute atomic E-state index is 0.0454. The first-order valence-corrected chi connectivity index (χ1v) is 14.2. The molecule has 3 atom stereocenters. The average molecular weight is 606 g/mol. The van der Waals surface area contributed by atoms with Crippen LogP contribution in [0.3, 0.4) is 0 Å². The van der Waals surface area contributed by atoms with Gasteiger partial charge in [-0.15, -0.1) is 11.8 Å². The van der Waals surface area contributed by atoms with Crippen molar-refractivity contribution in [3.63, 3.8) is 0 Å². The molecule has 0 spiro atoms. The summed E-state index contributed by atoms with van der Waals surface area (Å²) in [5.74, 6) is -0.952. The van der Waals surface area contributed by atoms with Crippen molar-refractivity contribution in [2.45, 2.75) is 43.8 Å². The predicted octanol–water partition coefficient (Wildman–Crippen LogP) is 3.71. The first kappa shape index (κ1) is 29.9. The largest absolute Gasteiger partial charge is 0.497 e. The number of allylic oxidation sites excluding steroid dienone is 1. The van der Waals surface area contributed by atoms with Crippen molar-refractivity contribution in [2.75, 3.05) is 33.4 Å². The third-order valence-electron chi connectivity index (χ3n) is 7.78. The summed E-state index contributed by atoms with van der Waals surface area (Å²) in [5.41, 5.74) is -0.853. The van der Waals surface area contributed by atoms with Gasteiger partial charge in [-0.2, -0.15) is 18.3 Å². The Morgan fingerprint density at radius 1 is 1.21 bits per heavy atom. The molecule has 0 radical (unpaired) electrons. The summed E-state index contributed by atoms with van der Waals surface area (Å²) in [4.78, 5) is 33.5. The van der Waals surface area contributed by atoms with Crippen molar-refractivity contribution in [1.82, 2.24) is 24.4 Å². The second-order valence-electron chi connectivity index (χ2n) is 10.3. The number of aliphatic hydroxyl groups excluding tert-OH is 1. The van der Waals surface area contributed by atoms with Crippen LogP contribution < -0.4 is 4.74 Å². The third kappa shape index (κ3) is 5.45. The molecule has 1 saturated heterocycles. The third-order valence-corrected chi connectivity index (χ3v) is 9.18. The number of piperazine rings is 1. The molecule has 3 aromatic rings. The number of carboxylic acids is 1. The molecule has 1 amide bonds. The molecule has 2 unspecified atom stereocenters. The minimum Gasteiger partial charge on any atom is -0.497 e. The van der Waals surface area contributed by atoms with E-state index in [1.54, 1.807) is 35.2 Å². The van der Waals surface area contributed by atoms with Gasteiger partial charge in [-0.3, -0.25) is 9.69 Å². The van der Waals surface area contributed by atoms with Crippen LogP contribution in [-0.4, -0.2) is 97.2 Å². The minimum atomic E-state index is -4.76. The van der Waals surface area contributed by atoms with E-state index in [0.29, 0.717) is 35.3 Å². The lowest BCUT2D eigenvalue weighted by molar-refractivity contribution is -0.143.